The fraction of sp³-hybridized carbons (Fsp3) is 0.933. The maximum Gasteiger partial charge on any atom is 0.236 e. The maximum atomic E-state index is 11.9. The van der Waals surface area contributed by atoms with Gasteiger partial charge in [-0.05, 0) is 38.0 Å². The van der Waals surface area contributed by atoms with Gasteiger partial charge in [0.05, 0.1) is 6.04 Å². The number of hydrogen-bond acceptors (Lipinski definition) is 2. The van der Waals surface area contributed by atoms with Gasteiger partial charge in [-0.1, -0.05) is 33.6 Å². The van der Waals surface area contributed by atoms with Crippen LogP contribution >= 0.6 is 0 Å². The van der Waals surface area contributed by atoms with E-state index in [1.54, 1.807) is 0 Å². The molecule has 0 saturated heterocycles. The second-order valence-electron chi connectivity index (χ2n) is 5.91. The van der Waals surface area contributed by atoms with Crippen LogP contribution in [0.3, 0.4) is 0 Å². The van der Waals surface area contributed by atoms with E-state index in [0.717, 1.165) is 18.9 Å². The molecule has 0 radical (unpaired) electrons. The van der Waals surface area contributed by atoms with Gasteiger partial charge < -0.3 is 10.6 Å². The van der Waals surface area contributed by atoms with Gasteiger partial charge in [0.25, 0.3) is 0 Å². The van der Waals surface area contributed by atoms with Crippen LogP contribution in [0.4, 0.5) is 0 Å². The van der Waals surface area contributed by atoms with Crippen LogP contribution in [0.25, 0.3) is 0 Å². The van der Waals surface area contributed by atoms with Crippen LogP contribution in [-0.4, -0.2) is 24.5 Å². The van der Waals surface area contributed by atoms with E-state index in [2.05, 4.69) is 31.4 Å². The van der Waals surface area contributed by atoms with Crippen molar-refractivity contribution in [3.8, 4) is 0 Å². The molecule has 1 saturated carbocycles. The van der Waals surface area contributed by atoms with Crippen LogP contribution in [0.5, 0.6) is 0 Å². The first-order chi connectivity index (χ1) is 8.56. The van der Waals surface area contributed by atoms with Crippen molar-refractivity contribution in [2.24, 2.45) is 11.8 Å². The van der Waals surface area contributed by atoms with Crippen molar-refractivity contribution in [3.05, 3.63) is 0 Å². The molecule has 1 fully saturated rings. The Morgan fingerprint density at radius 3 is 2.56 bits per heavy atom. The van der Waals surface area contributed by atoms with Gasteiger partial charge in [0.1, 0.15) is 0 Å². The third-order valence-electron chi connectivity index (χ3n) is 4.40. The van der Waals surface area contributed by atoms with E-state index in [9.17, 15) is 4.79 Å². The lowest BCUT2D eigenvalue weighted by molar-refractivity contribution is -0.123. The Bertz CT molecular complexity index is 255. The molecule has 3 heteroatoms. The predicted molar refractivity (Wildman–Crippen MR) is 76.5 cm³/mol. The Morgan fingerprint density at radius 1 is 1.28 bits per heavy atom. The van der Waals surface area contributed by atoms with Crippen molar-refractivity contribution >= 4 is 5.91 Å². The summed E-state index contributed by atoms with van der Waals surface area (Å²) in [6, 6.07) is 0.445. The molecule has 4 unspecified atom stereocenters. The number of rotatable bonds is 7. The summed E-state index contributed by atoms with van der Waals surface area (Å²) in [6.07, 6.45) is 5.96. The zero-order valence-corrected chi connectivity index (χ0v) is 12.5. The van der Waals surface area contributed by atoms with Gasteiger partial charge in [-0.15, -0.1) is 0 Å². The van der Waals surface area contributed by atoms with Crippen molar-refractivity contribution in [1.82, 2.24) is 10.6 Å². The van der Waals surface area contributed by atoms with E-state index < -0.39 is 0 Å². The van der Waals surface area contributed by atoms with Gasteiger partial charge in [0.15, 0.2) is 0 Å². The first kappa shape index (κ1) is 15.5. The molecule has 1 amide bonds. The first-order valence-corrected chi connectivity index (χ1v) is 7.60. The summed E-state index contributed by atoms with van der Waals surface area (Å²) in [5, 5.41) is 6.50. The normalized spacial score (nSPS) is 29.2. The minimum atomic E-state index is -0.0654. The fourth-order valence-electron chi connectivity index (χ4n) is 2.74. The third kappa shape index (κ3) is 4.60. The summed E-state index contributed by atoms with van der Waals surface area (Å²) in [4.78, 5) is 11.9. The van der Waals surface area contributed by atoms with Crippen LogP contribution in [0.15, 0.2) is 0 Å². The SMILES string of the molecule is CCCCCNC(=O)C(C)NC1CCC(C)C1C. The van der Waals surface area contributed by atoms with Gasteiger partial charge in [0, 0.05) is 12.6 Å². The minimum Gasteiger partial charge on any atom is -0.355 e. The topological polar surface area (TPSA) is 41.1 Å². The molecule has 0 aliphatic heterocycles. The van der Waals surface area contributed by atoms with Crippen LogP contribution in [0, 0.1) is 11.8 Å². The molecule has 1 aliphatic carbocycles. The molecule has 0 bridgehead atoms. The predicted octanol–water partition coefficient (Wildman–Crippen LogP) is 2.71. The molecular formula is C15H30N2O. The largest absolute Gasteiger partial charge is 0.355 e. The number of carbonyl (C=O) groups is 1. The average molecular weight is 254 g/mol. The van der Waals surface area contributed by atoms with Crippen LogP contribution in [-0.2, 0) is 4.79 Å². The standard InChI is InChI=1S/C15H30N2O/c1-5-6-7-10-16-15(18)13(4)17-14-9-8-11(2)12(14)3/h11-14,17H,5-10H2,1-4H3,(H,16,18). The molecule has 0 aromatic carbocycles. The van der Waals surface area contributed by atoms with Gasteiger partial charge in [0.2, 0.25) is 5.91 Å². The van der Waals surface area contributed by atoms with E-state index in [-0.39, 0.29) is 11.9 Å². The van der Waals surface area contributed by atoms with Crippen molar-refractivity contribution < 1.29 is 4.79 Å². The highest BCUT2D eigenvalue weighted by atomic mass is 16.2. The van der Waals surface area contributed by atoms with Gasteiger partial charge >= 0.3 is 0 Å². The quantitative estimate of drug-likeness (QED) is 0.686. The molecule has 1 rings (SSSR count). The molecule has 106 valence electrons. The van der Waals surface area contributed by atoms with Crippen LogP contribution < -0.4 is 10.6 Å². The summed E-state index contributed by atoms with van der Waals surface area (Å²) in [6.45, 7) is 9.57. The Morgan fingerprint density at radius 2 is 2.00 bits per heavy atom. The fourth-order valence-corrected chi connectivity index (χ4v) is 2.74. The highest BCUT2D eigenvalue weighted by Crippen LogP contribution is 2.31. The van der Waals surface area contributed by atoms with E-state index in [4.69, 9.17) is 0 Å². The molecule has 0 heterocycles. The number of carbonyl (C=O) groups excluding carboxylic acids is 1. The lowest BCUT2D eigenvalue weighted by Crippen LogP contribution is -2.47. The molecule has 0 aromatic rings. The second-order valence-corrected chi connectivity index (χ2v) is 5.91. The smallest absolute Gasteiger partial charge is 0.236 e. The van der Waals surface area contributed by atoms with Crippen molar-refractivity contribution in [2.45, 2.75) is 71.9 Å². The van der Waals surface area contributed by atoms with E-state index in [1.807, 2.05) is 6.92 Å². The van der Waals surface area contributed by atoms with E-state index in [0.29, 0.717) is 12.0 Å². The Hall–Kier alpha value is -0.570. The Labute approximate surface area is 112 Å². The van der Waals surface area contributed by atoms with Gasteiger partial charge in [-0.3, -0.25) is 4.79 Å². The summed E-state index contributed by atoms with van der Waals surface area (Å²) in [5.74, 6) is 1.61. The average Bonchev–Trinajstić information content (AvgIpc) is 2.66. The summed E-state index contributed by atoms with van der Waals surface area (Å²) in [5.41, 5.74) is 0. The van der Waals surface area contributed by atoms with Crippen LogP contribution in [0.1, 0.15) is 59.8 Å². The summed E-state index contributed by atoms with van der Waals surface area (Å²) in [7, 11) is 0. The van der Waals surface area contributed by atoms with Crippen molar-refractivity contribution in [2.75, 3.05) is 6.54 Å². The zero-order chi connectivity index (χ0) is 13.5. The molecule has 2 N–H and O–H groups in total. The van der Waals surface area contributed by atoms with Crippen molar-refractivity contribution in [3.63, 3.8) is 0 Å². The third-order valence-corrected chi connectivity index (χ3v) is 4.40. The highest BCUT2D eigenvalue weighted by Gasteiger charge is 2.31. The second kappa shape index (κ2) is 7.78. The molecule has 0 aromatic heterocycles. The molecular weight excluding hydrogens is 224 g/mol. The summed E-state index contributed by atoms with van der Waals surface area (Å²) < 4.78 is 0. The maximum absolute atomic E-state index is 11.9. The lowest BCUT2D eigenvalue weighted by Gasteiger charge is -2.23. The van der Waals surface area contributed by atoms with Gasteiger partial charge in [-0.2, -0.15) is 0 Å². The number of nitrogens with one attached hydrogen (secondary N) is 2. The monoisotopic (exact) mass is 254 g/mol. The Kier molecular flexibility index (Phi) is 6.69. The zero-order valence-electron chi connectivity index (χ0n) is 12.5. The first-order valence-electron chi connectivity index (χ1n) is 7.60. The lowest BCUT2D eigenvalue weighted by atomic mass is 9.97. The van der Waals surface area contributed by atoms with Gasteiger partial charge in [-0.25, -0.2) is 0 Å². The molecule has 18 heavy (non-hydrogen) atoms. The molecule has 3 nitrogen and oxygen atoms in total. The van der Waals surface area contributed by atoms with Crippen molar-refractivity contribution in [1.29, 1.82) is 0 Å². The number of hydrogen-bond donors (Lipinski definition) is 2. The Balaban J connectivity index is 2.23. The summed E-state index contributed by atoms with van der Waals surface area (Å²) >= 11 is 0. The number of amides is 1. The number of unbranched alkanes of at least 4 members (excludes halogenated alkanes) is 2. The molecule has 1 aliphatic rings. The van der Waals surface area contributed by atoms with E-state index >= 15 is 0 Å². The minimum absolute atomic E-state index is 0.0654. The van der Waals surface area contributed by atoms with Crippen LogP contribution in [0.2, 0.25) is 0 Å². The van der Waals surface area contributed by atoms with E-state index in [1.165, 1.54) is 25.7 Å². The highest BCUT2D eigenvalue weighted by molar-refractivity contribution is 5.81. The molecule has 0 spiro atoms. The molecule has 4 atom stereocenters.